The van der Waals surface area contributed by atoms with Crippen LogP contribution in [0.15, 0.2) is 29.3 Å². The Morgan fingerprint density at radius 3 is 2.00 bits per heavy atom. The van der Waals surface area contributed by atoms with Gasteiger partial charge >= 0.3 is 12.2 Å². The van der Waals surface area contributed by atoms with E-state index in [0.717, 1.165) is 36.1 Å². The van der Waals surface area contributed by atoms with Gasteiger partial charge in [-0.1, -0.05) is 32.5 Å². The molecule has 2 aromatic heterocycles. The van der Waals surface area contributed by atoms with Crippen molar-refractivity contribution in [1.82, 2.24) is 14.5 Å². The highest BCUT2D eigenvalue weighted by atomic mass is 28.3. The SMILES string of the molecule is CC(C)(C)OC(=O)N(C(=O)OC(C)(C)C)c1ncc(-c2ccc(=O)n(C3CCCC3)c2)nc1[Si](C)(C)C. The standard InChI is InChI=1S/C27H40N4O5Si/c1-26(2,3)35-24(33)31(25(34)36-27(4,5)6)22-23(37(7,8)9)29-20(16-28-22)18-14-15-21(32)30(17-18)19-12-10-11-13-19/h14-17,19H,10-13H2,1-9H3. The van der Waals surface area contributed by atoms with E-state index in [0.29, 0.717) is 11.0 Å². The average molecular weight is 529 g/mol. The van der Waals surface area contributed by atoms with Crippen LogP contribution in [0.5, 0.6) is 0 Å². The number of hydrogen-bond acceptors (Lipinski definition) is 7. The Kier molecular flexibility index (Phi) is 8.02. The number of carbonyl (C=O) groups is 2. The largest absolute Gasteiger partial charge is 0.443 e. The average Bonchev–Trinajstić information content (AvgIpc) is 3.26. The number of imide groups is 1. The van der Waals surface area contributed by atoms with Crippen LogP contribution in [-0.2, 0) is 9.47 Å². The van der Waals surface area contributed by atoms with Crippen LogP contribution < -0.4 is 15.8 Å². The zero-order chi connectivity index (χ0) is 27.8. The molecule has 0 spiro atoms. The number of pyridine rings is 1. The highest BCUT2D eigenvalue weighted by Gasteiger charge is 2.38. The third-order valence-electron chi connectivity index (χ3n) is 5.78. The summed E-state index contributed by atoms with van der Waals surface area (Å²) in [7, 11) is -2.26. The summed E-state index contributed by atoms with van der Waals surface area (Å²) in [6, 6.07) is 3.49. The fourth-order valence-electron chi connectivity index (χ4n) is 4.17. The molecule has 0 aliphatic heterocycles. The Hall–Kier alpha value is -3.01. The number of aromatic nitrogens is 3. The Balaban J connectivity index is 2.14. The third-order valence-corrected chi connectivity index (χ3v) is 7.54. The van der Waals surface area contributed by atoms with Gasteiger partial charge in [-0.3, -0.25) is 9.78 Å². The van der Waals surface area contributed by atoms with Gasteiger partial charge in [-0.25, -0.2) is 14.6 Å². The molecule has 0 aromatic carbocycles. The Labute approximate surface area is 220 Å². The van der Waals surface area contributed by atoms with Crippen molar-refractivity contribution in [2.75, 3.05) is 4.90 Å². The topological polar surface area (TPSA) is 104 Å². The molecule has 0 saturated heterocycles. The van der Waals surface area contributed by atoms with Crippen molar-refractivity contribution < 1.29 is 19.1 Å². The molecule has 1 saturated carbocycles. The predicted molar refractivity (Wildman–Crippen MR) is 147 cm³/mol. The van der Waals surface area contributed by atoms with Crippen LogP contribution in [0.1, 0.15) is 73.3 Å². The van der Waals surface area contributed by atoms with E-state index < -0.39 is 31.5 Å². The summed E-state index contributed by atoms with van der Waals surface area (Å²) in [6.45, 7) is 16.6. The molecule has 2 heterocycles. The first kappa shape index (κ1) is 28.6. The summed E-state index contributed by atoms with van der Waals surface area (Å²) >= 11 is 0. The lowest BCUT2D eigenvalue weighted by Gasteiger charge is -2.30. The van der Waals surface area contributed by atoms with Gasteiger partial charge in [-0.15, -0.1) is 0 Å². The number of ether oxygens (including phenoxy) is 2. The maximum atomic E-state index is 13.3. The molecule has 2 amide bonds. The Morgan fingerprint density at radius 2 is 1.51 bits per heavy atom. The molecule has 2 aromatic rings. The van der Waals surface area contributed by atoms with Gasteiger partial charge in [-0.2, -0.15) is 4.90 Å². The summed E-state index contributed by atoms with van der Waals surface area (Å²) in [4.78, 5) is 49.4. The van der Waals surface area contributed by atoms with E-state index in [1.54, 1.807) is 58.2 Å². The quantitative estimate of drug-likeness (QED) is 0.473. The van der Waals surface area contributed by atoms with Crippen LogP contribution in [0.4, 0.5) is 15.4 Å². The molecular formula is C27H40N4O5Si. The molecule has 0 N–H and O–H groups in total. The van der Waals surface area contributed by atoms with Crippen LogP contribution in [0.25, 0.3) is 11.3 Å². The van der Waals surface area contributed by atoms with Crippen molar-refractivity contribution in [3.8, 4) is 11.3 Å². The maximum absolute atomic E-state index is 13.3. The molecule has 1 aliphatic rings. The first-order valence-corrected chi connectivity index (χ1v) is 16.3. The molecule has 9 nitrogen and oxygen atoms in total. The molecule has 1 fully saturated rings. The molecule has 202 valence electrons. The number of rotatable bonds is 4. The summed E-state index contributed by atoms with van der Waals surface area (Å²) in [6.07, 6.45) is 5.80. The normalized spacial score (nSPS) is 14.9. The summed E-state index contributed by atoms with van der Waals surface area (Å²) in [5, 5.41) is 0.556. The molecular weight excluding hydrogens is 488 g/mol. The van der Waals surface area contributed by atoms with Crippen molar-refractivity contribution >= 4 is 31.4 Å². The monoisotopic (exact) mass is 528 g/mol. The second-order valence-electron chi connectivity index (χ2n) is 12.6. The molecule has 0 bridgehead atoms. The smallest absolute Gasteiger partial charge is 0.425 e. The van der Waals surface area contributed by atoms with E-state index in [1.807, 2.05) is 6.20 Å². The number of anilines is 1. The Morgan fingerprint density at radius 1 is 0.973 bits per heavy atom. The van der Waals surface area contributed by atoms with Crippen LogP contribution in [-0.4, -0.2) is 46.0 Å². The van der Waals surface area contributed by atoms with Crippen LogP contribution in [0.2, 0.25) is 19.6 Å². The van der Waals surface area contributed by atoms with E-state index in [2.05, 4.69) is 24.6 Å². The second kappa shape index (κ2) is 10.4. The highest BCUT2D eigenvalue weighted by Crippen LogP contribution is 2.29. The minimum atomic E-state index is -2.26. The molecule has 3 rings (SSSR count). The van der Waals surface area contributed by atoms with E-state index in [9.17, 15) is 14.4 Å². The molecule has 0 atom stereocenters. The Bertz CT molecular complexity index is 1190. The van der Waals surface area contributed by atoms with Crippen LogP contribution >= 0.6 is 0 Å². The minimum absolute atomic E-state index is 0.0355. The van der Waals surface area contributed by atoms with Crippen molar-refractivity contribution in [2.24, 2.45) is 0 Å². The van der Waals surface area contributed by atoms with Gasteiger partial charge in [0.15, 0.2) is 5.82 Å². The van der Waals surface area contributed by atoms with Gasteiger partial charge < -0.3 is 14.0 Å². The first-order valence-electron chi connectivity index (χ1n) is 12.8. The molecule has 10 heteroatoms. The fourth-order valence-corrected chi connectivity index (χ4v) is 5.48. The van der Waals surface area contributed by atoms with Gasteiger partial charge in [0.2, 0.25) is 0 Å². The first-order chi connectivity index (χ1) is 17.0. The molecule has 37 heavy (non-hydrogen) atoms. The molecule has 0 radical (unpaired) electrons. The van der Waals surface area contributed by atoms with Gasteiger partial charge in [0.05, 0.1) is 17.2 Å². The van der Waals surface area contributed by atoms with Gasteiger partial charge in [0.25, 0.3) is 5.56 Å². The number of carbonyl (C=O) groups excluding carboxylic acids is 2. The lowest BCUT2D eigenvalue weighted by molar-refractivity contribution is 0.0429. The van der Waals surface area contributed by atoms with Crippen LogP contribution in [0, 0.1) is 0 Å². The van der Waals surface area contributed by atoms with Crippen molar-refractivity contribution in [3.05, 3.63) is 34.9 Å². The second-order valence-corrected chi connectivity index (χ2v) is 17.5. The van der Waals surface area contributed by atoms with Crippen molar-refractivity contribution in [1.29, 1.82) is 0 Å². The lowest BCUT2D eigenvalue weighted by atomic mass is 10.2. The highest BCUT2D eigenvalue weighted by molar-refractivity contribution is 6.89. The summed E-state index contributed by atoms with van der Waals surface area (Å²) < 4.78 is 12.9. The predicted octanol–water partition coefficient (Wildman–Crippen LogP) is 5.64. The lowest BCUT2D eigenvalue weighted by Crippen LogP contribution is -2.51. The van der Waals surface area contributed by atoms with E-state index in [4.69, 9.17) is 14.5 Å². The number of amides is 2. The fraction of sp³-hybridized carbons (Fsp3) is 0.593. The zero-order valence-corrected chi connectivity index (χ0v) is 24.5. The number of hydrogen-bond donors (Lipinski definition) is 0. The van der Waals surface area contributed by atoms with Gasteiger partial charge in [0, 0.05) is 23.9 Å². The maximum Gasteiger partial charge on any atom is 0.425 e. The van der Waals surface area contributed by atoms with Gasteiger partial charge in [0.1, 0.15) is 19.3 Å². The van der Waals surface area contributed by atoms with Crippen molar-refractivity contribution in [2.45, 2.75) is 104 Å². The minimum Gasteiger partial charge on any atom is -0.443 e. The molecule has 1 aliphatic carbocycles. The van der Waals surface area contributed by atoms with E-state index >= 15 is 0 Å². The summed E-state index contributed by atoms with van der Waals surface area (Å²) in [5.74, 6) is 0.107. The van der Waals surface area contributed by atoms with Crippen LogP contribution in [0.3, 0.4) is 0 Å². The summed E-state index contributed by atoms with van der Waals surface area (Å²) in [5.41, 5.74) is -0.380. The zero-order valence-electron chi connectivity index (χ0n) is 23.5. The van der Waals surface area contributed by atoms with E-state index in [1.165, 1.54) is 6.20 Å². The van der Waals surface area contributed by atoms with Gasteiger partial charge in [-0.05, 0) is 60.5 Å². The van der Waals surface area contributed by atoms with Crippen molar-refractivity contribution in [3.63, 3.8) is 0 Å². The third kappa shape index (κ3) is 7.27. The molecule has 0 unspecified atom stereocenters. The van der Waals surface area contributed by atoms with E-state index in [-0.39, 0.29) is 17.4 Å². The number of nitrogens with zero attached hydrogens (tertiary/aromatic N) is 4.